The third-order valence-electron chi connectivity index (χ3n) is 5.29. The normalized spacial score (nSPS) is 12.8. The molecule has 0 aliphatic heterocycles. The molecule has 1 N–H and O–H groups in total. The molecule has 36 heavy (non-hydrogen) atoms. The Morgan fingerprint density at radius 2 is 1.69 bits per heavy atom. The van der Waals surface area contributed by atoms with Crippen LogP contribution in [0.15, 0.2) is 48.5 Å². The van der Waals surface area contributed by atoms with Crippen LogP contribution < -0.4 is 9.62 Å². The summed E-state index contributed by atoms with van der Waals surface area (Å²) in [4.78, 5) is 27.4. The highest BCUT2D eigenvalue weighted by Gasteiger charge is 2.33. The summed E-state index contributed by atoms with van der Waals surface area (Å²) in [6.07, 6.45) is -3.92. The number of sulfonamides is 1. The Hall–Kier alpha value is -2.79. The van der Waals surface area contributed by atoms with Crippen LogP contribution in [0.25, 0.3) is 0 Å². The second-order valence-electron chi connectivity index (χ2n) is 8.75. The lowest BCUT2D eigenvalue weighted by atomic mass is 10.1. The van der Waals surface area contributed by atoms with E-state index in [9.17, 15) is 31.2 Å². The molecule has 0 spiro atoms. The number of benzene rings is 2. The Labute approximate surface area is 214 Å². The molecule has 12 heteroatoms. The van der Waals surface area contributed by atoms with Gasteiger partial charge >= 0.3 is 6.18 Å². The average Bonchev–Trinajstić information content (AvgIpc) is 2.78. The molecule has 0 aliphatic rings. The van der Waals surface area contributed by atoms with Crippen LogP contribution in [0.2, 0.25) is 5.02 Å². The number of hydrogen-bond acceptors (Lipinski definition) is 4. The monoisotopic (exact) mass is 547 g/mol. The van der Waals surface area contributed by atoms with Crippen molar-refractivity contribution in [1.29, 1.82) is 0 Å². The second kappa shape index (κ2) is 12.0. The number of alkyl halides is 3. The lowest BCUT2D eigenvalue weighted by molar-refractivity contribution is -0.139. The summed E-state index contributed by atoms with van der Waals surface area (Å²) < 4.78 is 65.3. The van der Waals surface area contributed by atoms with Crippen molar-refractivity contribution in [2.75, 3.05) is 23.7 Å². The second-order valence-corrected chi connectivity index (χ2v) is 11.1. The van der Waals surface area contributed by atoms with Crippen molar-refractivity contribution in [3.05, 3.63) is 64.7 Å². The molecule has 0 saturated heterocycles. The summed E-state index contributed by atoms with van der Waals surface area (Å²) in [7, 11) is -4.17. The summed E-state index contributed by atoms with van der Waals surface area (Å²) in [5.74, 6) is -1.10. The number of amides is 2. The minimum atomic E-state index is -4.71. The maximum atomic E-state index is 13.4. The maximum absolute atomic E-state index is 13.4. The molecule has 0 fully saturated rings. The molecule has 2 aromatic carbocycles. The van der Waals surface area contributed by atoms with Gasteiger partial charge in [-0.3, -0.25) is 13.9 Å². The first-order valence-corrected chi connectivity index (χ1v) is 13.3. The van der Waals surface area contributed by atoms with Crippen LogP contribution in [0.5, 0.6) is 0 Å². The van der Waals surface area contributed by atoms with E-state index in [4.69, 9.17) is 11.6 Å². The van der Waals surface area contributed by atoms with Gasteiger partial charge in [0.05, 0.1) is 17.5 Å². The first kappa shape index (κ1) is 29.4. The van der Waals surface area contributed by atoms with Crippen molar-refractivity contribution >= 4 is 39.1 Å². The quantitative estimate of drug-likeness (QED) is 0.480. The number of carbonyl (C=O) groups is 2. The molecule has 0 radical (unpaired) electrons. The number of carbonyl (C=O) groups excluding carboxylic acids is 2. The van der Waals surface area contributed by atoms with Gasteiger partial charge in [0.2, 0.25) is 21.8 Å². The largest absolute Gasteiger partial charge is 0.416 e. The third kappa shape index (κ3) is 8.12. The molecule has 1 atom stereocenters. The lowest BCUT2D eigenvalue weighted by Crippen LogP contribution is -2.51. The van der Waals surface area contributed by atoms with Crippen molar-refractivity contribution in [3.8, 4) is 0 Å². The fourth-order valence-corrected chi connectivity index (χ4v) is 4.33. The van der Waals surface area contributed by atoms with Crippen molar-refractivity contribution in [2.45, 2.75) is 39.5 Å². The fourth-order valence-electron chi connectivity index (χ4n) is 3.30. The number of nitrogens with zero attached hydrogens (tertiary/aromatic N) is 2. The van der Waals surface area contributed by atoms with E-state index in [1.54, 1.807) is 24.3 Å². The Bertz CT molecular complexity index is 1190. The Kier molecular flexibility index (Phi) is 9.78. The minimum Gasteiger partial charge on any atom is -0.354 e. The highest BCUT2D eigenvalue weighted by molar-refractivity contribution is 7.92. The SMILES string of the molecule is CC(C)CNC(=O)[C@@H](C)N(Cc1ccccc1Cl)C(=O)CN(c1cccc(C(F)(F)F)c1)S(C)(=O)=O. The highest BCUT2D eigenvalue weighted by atomic mass is 35.5. The van der Waals surface area contributed by atoms with Gasteiger partial charge < -0.3 is 10.2 Å². The summed E-state index contributed by atoms with van der Waals surface area (Å²) in [6.45, 7) is 4.71. The first-order valence-electron chi connectivity index (χ1n) is 11.1. The summed E-state index contributed by atoms with van der Waals surface area (Å²) in [5.41, 5.74) is -0.869. The molecule has 2 amide bonds. The van der Waals surface area contributed by atoms with E-state index in [1.807, 2.05) is 13.8 Å². The molecule has 198 valence electrons. The molecule has 0 unspecified atom stereocenters. The molecular weight excluding hydrogens is 519 g/mol. The van der Waals surface area contributed by atoms with E-state index in [0.717, 1.165) is 23.3 Å². The van der Waals surface area contributed by atoms with Gasteiger partial charge in [0, 0.05) is 18.1 Å². The van der Waals surface area contributed by atoms with Gasteiger partial charge in [0.25, 0.3) is 0 Å². The zero-order valence-corrected chi connectivity index (χ0v) is 21.9. The van der Waals surface area contributed by atoms with E-state index in [2.05, 4.69) is 5.32 Å². The smallest absolute Gasteiger partial charge is 0.354 e. The van der Waals surface area contributed by atoms with Gasteiger partial charge in [0.15, 0.2) is 0 Å². The lowest BCUT2D eigenvalue weighted by Gasteiger charge is -2.32. The summed E-state index contributed by atoms with van der Waals surface area (Å²) in [6, 6.07) is 9.31. The van der Waals surface area contributed by atoms with Crippen LogP contribution in [0.4, 0.5) is 18.9 Å². The summed E-state index contributed by atoms with van der Waals surface area (Å²) >= 11 is 6.24. The van der Waals surface area contributed by atoms with Crippen molar-refractivity contribution < 1.29 is 31.2 Å². The van der Waals surface area contributed by atoms with Gasteiger partial charge in [-0.05, 0) is 42.7 Å². The van der Waals surface area contributed by atoms with Gasteiger partial charge in [-0.15, -0.1) is 0 Å². The van der Waals surface area contributed by atoms with Crippen LogP contribution in [0, 0.1) is 5.92 Å². The number of anilines is 1. The standard InChI is InChI=1S/C24H29ClF3N3O4S/c1-16(2)13-29-23(33)17(3)30(14-18-8-5-6-11-21(18)25)22(32)15-31(36(4,34)35)20-10-7-9-19(12-20)24(26,27)28/h5-12,16-17H,13-15H2,1-4H3,(H,29,33)/t17-/m1/s1. The van der Waals surface area contributed by atoms with Crippen LogP contribution in [-0.2, 0) is 32.3 Å². The Morgan fingerprint density at radius 3 is 2.25 bits per heavy atom. The molecule has 7 nitrogen and oxygen atoms in total. The number of nitrogens with one attached hydrogen (secondary N) is 1. The topological polar surface area (TPSA) is 86.8 Å². The molecule has 2 aromatic rings. The third-order valence-corrected chi connectivity index (χ3v) is 6.80. The van der Waals surface area contributed by atoms with E-state index < -0.39 is 46.2 Å². The Morgan fingerprint density at radius 1 is 1.06 bits per heavy atom. The van der Waals surface area contributed by atoms with Crippen LogP contribution in [0.3, 0.4) is 0 Å². The zero-order chi connectivity index (χ0) is 27.3. The summed E-state index contributed by atoms with van der Waals surface area (Å²) in [5, 5.41) is 3.07. The molecule has 0 heterocycles. The van der Waals surface area contributed by atoms with E-state index in [1.165, 1.54) is 13.0 Å². The van der Waals surface area contributed by atoms with E-state index in [0.29, 0.717) is 27.5 Å². The predicted molar refractivity (Wildman–Crippen MR) is 133 cm³/mol. The van der Waals surface area contributed by atoms with Gasteiger partial charge in [-0.25, -0.2) is 8.42 Å². The number of rotatable bonds is 10. The van der Waals surface area contributed by atoms with E-state index >= 15 is 0 Å². The minimum absolute atomic E-state index is 0.116. The maximum Gasteiger partial charge on any atom is 0.416 e. The van der Waals surface area contributed by atoms with Gasteiger partial charge in [0.1, 0.15) is 12.6 Å². The Balaban J connectivity index is 2.44. The van der Waals surface area contributed by atoms with Crippen LogP contribution in [-0.4, -0.2) is 50.5 Å². The molecular formula is C24H29ClF3N3O4S. The zero-order valence-electron chi connectivity index (χ0n) is 20.3. The van der Waals surface area contributed by atoms with Gasteiger partial charge in [-0.1, -0.05) is 49.7 Å². The molecule has 0 bridgehead atoms. The van der Waals surface area contributed by atoms with E-state index in [-0.39, 0.29) is 18.2 Å². The molecule has 0 saturated carbocycles. The van der Waals surface area contributed by atoms with Gasteiger partial charge in [-0.2, -0.15) is 13.2 Å². The molecule has 0 aliphatic carbocycles. The number of hydrogen-bond donors (Lipinski definition) is 1. The predicted octanol–water partition coefficient (Wildman–Crippen LogP) is 4.31. The molecule has 0 aromatic heterocycles. The average molecular weight is 548 g/mol. The highest BCUT2D eigenvalue weighted by Crippen LogP contribution is 2.32. The molecule has 2 rings (SSSR count). The van der Waals surface area contributed by atoms with Crippen LogP contribution in [0.1, 0.15) is 31.9 Å². The fraction of sp³-hybridized carbons (Fsp3) is 0.417. The van der Waals surface area contributed by atoms with Crippen molar-refractivity contribution in [3.63, 3.8) is 0 Å². The number of halogens is 4. The van der Waals surface area contributed by atoms with Crippen LogP contribution >= 0.6 is 11.6 Å². The first-order chi connectivity index (χ1) is 16.6. The van der Waals surface area contributed by atoms with Crippen molar-refractivity contribution in [2.24, 2.45) is 5.92 Å². The van der Waals surface area contributed by atoms with Crippen molar-refractivity contribution in [1.82, 2.24) is 10.2 Å².